The lowest BCUT2D eigenvalue weighted by molar-refractivity contribution is 0.143. The predicted octanol–water partition coefficient (Wildman–Crippen LogP) is 1.74. The highest BCUT2D eigenvalue weighted by molar-refractivity contribution is 7.85. The van der Waals surface area contributed by atoms with E-state index >= 15 is 0 Å². The summed E-state index contributed by atoms with van der Waals surface area (Å²) in [7, 11) is -3.46. The molecule has 1 unspecified atom stereocenters. The van der Waals surface area contributed by atoms with Crippen molar-refractivity contribution in [3.63, 3.8) is 0 Å². The van der Waals surface area contributed by atoms with Crippen molar-refractivity contribution in [3.8, 4) is 0 Å². The van der Waals surface area contributed by atoms with E-state index in [1.165, 1.54) is 0 Å². The summed E-state index contributed by atoms with van der Waals surface area (Å²) in [4.78, 5) is 0. The lowest BCUT2D eigenvalue weighted by Gasteiger charge is -2.11. The van der Waals surface area contributed by atoms with Crippen LogP contribution in [0.1, 0.15) is 18.1 Å². The van der Waals surface area contributed by atoms with Gasteiger partial charge in [0.2, 0.25) is 0 Å². The average Bonchev–Trinajstić information content (AvgIpc) is 2.16. The molecule has 0 bridgehead atoms. The fourth-order valence-electron chi connectivity index (χ4n) is 1.21. The van der Waals surface area contributed by atoms with Crippen LogP contribution in [0.3, 0.4) is 0 Å². The molecule has 1 aromatic rings. The number of aliphatic hydroxyl groups excluding tert-OH is 1. The largest absolute Gasteiger partial charge is 0.388 e. The van der Waals surface area contributed by atoms with Crippen LogP contribution in [0.15, 0.2) is 24.3 Å². The van der Waals surface area contributed by atoms with Crippen molar-refractivity contribution in [1.82, 2.24) is 0 Å². The van der Waals surface area contributed by atoms with Crippen LogP contribution in [0.25, 0.3) is 0 Å². The second-order valence-electron chi connectivity index (χ2n) is 3.35. The third-order valence-electron chi connectivity index (χ3n) is 1.95. The van der Waals surface area contributed by atoms with Gasteiger partial charge in [0.05, 0.1) is 19.0 Å². The number of aliphatic hydroxyl groups is 1. The highest BCUT2D eigenvalue weighted by Gasteiger charge is 2.12. The van der Waals surface area contributed by atoms with E-state index in [2.05, 4.69) is 4.18 Å². The molecule has 0 amide bonds. The first-order valence-electron chi connectivity index (χ1n) is 4.67. The van der Waals surface area contributed by atoms with Gasteiger partial charge in [-0.2, -0.15) is 8.42 Å². The van der Waals surface area contributed by atoms with E-state index < -0.39 is 16.2 Å². The van der Waals surface area contributed by atoms with Crippen molar-refractivity contribution in [2.24, 2.45) is 0 Å². The fraction of sp³-hybridized carbons (Fsp3) is 0.400. The van der Waals surface area contributed by atoms with Crippen molar-refractivity contribution in [1.29, 1.82) is 0 Å². The molecule has 4 nitrogen and oxygen atoms in total. The van der Waals surface area contributed by atoms with Crippen LogP contribution in [0.5, 0.6) is 0 Å². The van der Waals surface area contributed by atoms with Crippen molar-refractivity contribution in [3.05, 3.63) is 34.9 Å². The SMILES string of the molecule is CS(=O)(=O)OCCC(O)c1ccccc1Cl. The van der Waals surface area contributed by atoms with Gasteiger partial charge in [0.25, 0.3) is 10.1 Å². The molecule has 0 aliphatic carbocycles. The molecule has 16 heavy (non-hydrogen) atoms. The van der Waals surface area contributed by atoms with Gasteiger partial charge in [-0.25, -0.2) is 0 Å². The Morgan fingerprint density at radius 3 is 2.62 bits per heavy atom. The summed E-state index contributed by atoms with van der Waals surface area (Å²) in [6.45, 7) is -0.0643. The van der Waals surface area contributed by atoms with Crippen molar-refractivity contribution in [2.45, 2.75) is 12.5 Å². The van der Waals surface area contributed by atoms with E-state index in [0.29, 0.717) is 10.6 Å². The number of benzene rings is 1. The number of hydrogen-bond donors (Lipinski definition) is 1. The van der Waals surface area contributed by atoms with E-state index in [4.69, 9.17) is 11.6 Å². The number of halogens is 1. The summed E-state index contributed by atoms with van der Waals surface area (Å²) < 4.78 is 25.9. The third kappa shape index (κ3) is 4.49. The van der Waals surface area contributed by atoms with E-state index in [9.17, 15) is 13.5 Å². The van der Waals surface area contributed by atoms with Gasteiger partial charge >= 0.3 is 0 Å². The fourth-order valence-corrected chi connectivity index (χ4v) is 1.87. The summed E-state index contributed by atoms with van der Waals surface area (Å²) in [6.07, 6.45) is 0.321. The van der Waals surface area contributed by atoms with Gasteiger partial charge in [0.15, 0.2) is 0 Å². The number of rotatable bonds is 5. The molecule has 1 aromatic carbocycles. The smallest absolute Gasteiger partial charge is 0.264 e. The molecule has 1 N–H and O–H groups in total. The highest BCUT2D eigenvalue weighted by atomic mass is 35.5. The van der Waals surface area contributed by atoms with Crippen molar-refractivity contribution < 1.29 is 17.7 Å². The zero-order valence-electron chi connectivity index (χ0n) is 8.76. The van der Waals surface area contributed by atoms with Crippen LogP contribution >= 0.6 is 11.6 Å². The minimum Gasteiger partial charge on any atom is -0.388 e. The quantitative estimate of drug-likeness (QED) is 0.823. The molecule has 0 radical (unpaired) electrons. The summed E-state index contributed by atoms with van der Waals surface area (Å²) in [5.74, 6) is 0. The Hall–Kier alpha value is -0.620. The monoisotopic (exact) mass is 264 g/mol. The molecule has 0 aromatic heterocycles. The summed E-state index contributed by atoms with van der Waals surface area (Å²) in [5, 5.41) is 10.2. The van der Waals surface area contributed by atoms with Gasteiger partial charge in [0, 0.05) is 11.4 Å². The van der Waals surface area contributed by atoms with Crippen LogP contribution in [-0.4, -0.2) is 26.4 Å². The Morgan fingerprint density at radius 2 is 2.06 bits per heavy atom. The normalized spacial score (nSPS) is 13.7. The molecule has 0 aliphatic heterocycles. The van der Waals surface area contributed by atoms with Gasteiger partial charge in [0.1, 0.15) is 0 Å². The maximum absolute atomic E-state index is 10.7. The zero-order valence-corrected chi connectivity index (χ0v) is 10.3. The van der Waals surface area contributed by atoms with E-state index in [1.807, 2.05) is 0 Å². The molecule has 90 valence electrons. The van der Waals surface area contributed by atoms with Gasteiger partial charge in [-0.1, -0.05) is 29.8 Å². The van der Waals surface area contributed by atoms with Crippen LogP contribution in [0.4, 0.5) is 0 Å². The van der Waals surface area contributed by atoms with Gasteiger partial charge in [-0.15, -0.1) is 0 Å². The first-order chi connectivity index (χ1) is 7.40. The lowest BCUT2D eigenvalue weighted by atomic mass is 10.1. The van der Waals surface area contributed by atoms with Crippen molar-refractivity contribution >= 4 is 21.7 Å². The Labute approximate surface area is 99.9 Å². The molecule has 0 saturated carbocycles. The molecular weight excluding hydrogens is 252 g/mol. The van der Waals surface area contributed by atoms with Gasteiger partial charge in [-0.05, 0) is 11.6 Å². The van der Waals surface area contributed by atoms with Crippen LogP contribution in [0.2, 0.25) is 5.02 Å². The predicted molar refractivity (Wildman–Crippen MR) is 61.8 cm³/mol. The molecule has 0 fully saturated rings. The van der Waals surface area contributed by atoms with Crippen molar-refractivity contribution in [2.75, 3.05) is 12.9 Å². The Kier molecular flexibility index (Phi) is 4.73. The highest BCUT2D eigenvalue weighted by Crippen LogP contribution is 2.24. The average molecular weight is 265 g/mol. The number of hydrogen-bond acceptors (Lipinski definition) is 4. The third-order valence-corrected chi connectivity index (χ3v) is 2.89. The van der Waals surface area contributed by atoms with Crippen LogP contribution < -0.4 is 0 Å². The standard InChI is InChI=1S/C10H13ClO4S/c1-16(13,14)15-7-6-10(12)8-4-2-3-5-9(8)11/h2-5,10,12H,6-7H2,1H3. The molecule has 1 rings (SSSR count). The first kappa shape index (κ1) is 13.4. The maximum Gasteiger partial charge on any atom is 0.264 e. The molecule has 0 spiro atoms. The molecular formula is C10H13ClO4S. The van der Waals surface area contributed by atoms with Crippen LogP contribution in [0, 0.1) is 0 Å². The second kappa shape index (κ2) is 5.63. The van der Waals surface area contributed by atoms with Gasteiger partial charge < -0.3 is 5.11 Å². The van der Waals surface area contributed by atoms with Gasteiger partial charge in [-0.3, -0.25) is 4.18 Å². The molecule has 0 aliphatic rings. The summed E-state index contributed by atoms with van der Waals surface area (Å²) in [6, 6.07) is 6.86. The molecule has 0 saturated heterocycles. The minimum atomic E-state index is -3.46. The van der Waals surface area contributed by atoms with E-state index in [0.717, 1.165) is 6.26 Å². The summed E-state index contributed by atoms with van der Waals surface area (Å²) >= 11 is 5.87. The molecule has 0 heterocycles. The summed E-state index contributed by atoms with van der Waals surface area (Å²) in [5.41, 5.74) is 0.571. The lowest BCUT2D eigenvalue weighted by Crippen LogP contribution is -2.08. The maximum atomic E-state index is 10.7. The Bertz CT molecular complexity index is 444. The Morgan fingerprint density at radius 1 is 1.44 bits per heavy atom. The van der Waals surface area contributed by atoms with E-state index in [-0.39, 0.29) is 13.0 Å². The molecule has 6 heteroatoms. The van der Waals surface area contributed by atoms with E-state index in [1.54, 1.807) is 24.3 Å². The second-order valence-corrected chi connectivity index (χ2v) is 5.40. The Balaban J connectivity index is 2.54. The minimum absolute atomic E-state index is 0.0643. The first-order valence-corrected chi connectivity index (χ1v) is 6.86. The zero-order chi connectivity index (χ0) is 12.2. The van der Waals surface area contributed by atoms with Crippen LogP contribution in [-0.2, 0) is 14.3 Å². The topological polar surface area (TPSA) is 63.6 Å². The molecule has 1 atom stereocenters.